The van der Waals surface area contributed by atoms with Crippen molar-refractivity contribution < 1.29 is 34.5 Å². The van der Waals surface area contributed by atoms with Crippen molar-refractivity contribution in [3.63, 3.8) is 0 Å². The smallest absolute Gasteiger partial charge is 0.334 e. The van der Waals surface area contributed by atoms with E-state index < -0.39 is 52.9 Å². The first-order valence-corrected chi connectivity index (χ1v) is 27.6. The van der Waals surface area contributed by atoms with Gasteiger partial charge >= 0.3 is 5.97 Å². The van der Waals surface area contributed by atoms with Crippen molar-refractivity contribution in [3.05, 3.63) is 0 Å². The van der Waals surface area contributed by atoms with Crippen molar-refractivity contribution in [1.29, 1.82) is 0 Å². The number of aliphatic hydroxyl groups excluding tert-OH is 2. The Bertz CT molecular complexity index is 1060. The summed E-state index contributed by atoms with van der Waals surface area (Å²) in [5.41, 5.74) is -2.68. The van der Waals surface area contributed by atoms with Crippen molar-refractivity contribution in [2.75, 3.05) is 13.2 Å². The lowest BCUT2D eigenvalue weighted by Crippen LogP contribution is -2.75. The number of carboxylic acid groups (broad SMARTS) is 1. The average Bonchev–Trinajstić information content (AvgIpc) is 3.27. The maximum absolute atomic E-state index is 14.4. The number of unbranched alkanes of at least 4 members (excludes halogenated alkanes) is 36. The van der Waals surface area contributed by atoms with Gasteiger partial charge in [-0.15, -0.1) is 0 Å². The zero-order valence-electron chi connectivity index (χ0n) is 41.6. The SMILES string of the molecule is CCCCCCCCCCCCCCCC(=O)C(S)(C(=O)CCCCCCCCCCCCCCC)[C@](NCC(O)CO)(C(=O)O)C(=O)CCCCCCCCCCCCCCC. The third-order valence-electron chi connectivity index (χ3n) is 13.4. The molecule has 63 heavy (non-hydrogen) atoms. The maximum Gasteiger partial charge on any atom is 0.334 e. The van der Waals surface area contributed by atoms with Gasteiger partial charge < -0.3 is 15.3 Å². The van der Waals surface area contributed by atoms with Crippen LogP contribution in [0.4, 0.5) is 0 Å². The summed E-state index contributed by atoms with van der Waals surface area (Å²) in [6.45, 7) is 5.56. The summed E-state index contributed by atoms with van der Waals surface area (Å²) in [5, 5.41) is 33.8. The summed E-state index contributed by atoms with van der Waals surface area (Å²) in [7, 11) is 0. The molecule has 372 valence electrons. The summed E-state index contributed by atoms with van der Waals surface area (Å²) in [6, 6.07) is 0. The molecule has 0 rings (SSSR count). The maximum atomic E-state index is 14.4. The standard InChI is InChI=1S/C54H103NO7S/c1-4-7-10-13-16-19-22-25-28-31-34-37-40-43-49(58)53(52(61)62,55-46-48(57)47-56)54(63,50(59)44-41-38-35-32-29-26-23-20-17-14-11-8-5-2)51(60)45-42-39-36-33-30-27-24-21-18-15-12-9-6-3/h48,55-57,63H,4-47H2,1-3H3,(H,61,62)/t48?,53-/m1/s1. The van der Waals surface area contributed by atoms with E-state index in [0.29, 0.717) is 19.3 Å². The van der Waals surface area contributed by atoms with Crippen molar-refractivity contribution >= 4 is 35.9 Å². The molecule has 0 aromatic heterocycles. The number of carbonyl (C=O) groups excluding carboxylic acids is 3. The number of thiol groups is 1. The van der Waals surface area contributed by atoms with E-state index in [1.807, 2.05) is 0 Å². The van der Waals surface area contributed by atoms with Crippen LogP contribution < -0.4 is 5.32 Å². The number of nitrogens with one attached hydrogen (secondary N) is 1. The fourth-order valence-electron chi connectivity index (χ4n) is 9.15. The van der Waals surface area contributed by atoms with Crippen LogP contribution in [0, 0.1) is 0 Å². The molecule has 0 fully saturated rings. The monoisotopic (exact) mass is 910 g/mol. The van der Waals surface area contributed by atoms with Crippen molar-refractivity contribution in [2.24, 2.45) is 0 Å². The van der Waals surface area contributed by atoms with Crippen LogP contribution in [0.1, 0.15) is 290 Å². The molecule has 0 saturated carbocycles. The second-order valence-electron chi connectivity index (χ2n) is 19.2. The Kier molecular flexibility index (Phi) is 42.4. The number of β-amino-alcohol motifs (C(OH)–C–C–N with tert-alkyl or cyclic N) is 1. The van der Waals surface area contributed by atoms with Crippen molar-refractivity contribution in [3.8, 4) is 0 Å². The molecule has 1 unspecified atom stereocenters. The quantitative estimate of drug-likeness (QED) is 0.0231. The Morgan fingerprint density at radius 3 is 0.857 bits per heavy atom. The first-order valence-electron chi connectivity index (χ1n) is 27.2. The van der Waals surface area contributed by atoms with Crippen LogP contribution in [0.15, 0.2) is 0 Å². The average molecular weight is 910 g/mol. The van der Waals surface area contributed by atoms with Crippen molar-refractivity contribution in [2.45, 2.75) is 307 Å². The number of hydrogen-bond acceptors (Lipinski definition) is 8. The Balaban J connectivity index is 5.64. The van der Waals surface area contributed by atoms with Crippen LogP contribution >= 0.6 is 12.6 Å². The summed E-state index contributed by atoms with van der Waals surface area (Å²) < 4.78 is -2.46. The molecule has 0 saturated heterocycles. The topological polar surface area (TPSA) is 141 Å². The minimum absolute atomic E-state index is 0.0586. The number of hydrogen-bond donors (Lipinski definition) is 5. The molecular weight excluding hydrogens is 807 g/mol. The molecule has 0 aliphatic carbocycles. The number of Topliss-reactive ketones (excluding diaryl/α,β-unsaturated/α-hetero) is 3. The van der Waals surface area contributed by atoms with Crippen LogP contribution in [0.3, 0.4) is 0 Å². The highest BCUT2D eigenvalue weighted by atomic mass is 32.1. The van der Waals surface area contributed by atoms with E-state index in [4.69, 9.17) is 12.6 Å². The lowest BCUT2D eigenvalue weighted by molar-refractivity contribution is -0.158. The normalized spacial score (nSPS) is 13.3. The molecule has 0 aromatic carbocycles. The van der Waals surface area contributed by atoms with E-state index in [-0.39, 0.29) is 19.3 Å². The van der Waals surface area contributed by atoms with Gasteiger partial charge in [-0.3, -0.25) is 19.7 Å². The van der Waals surface area contributed by atoms with Gasteiger partial charge in [-0.05, 0) is 19.3 Å². The molecule has 0 spiro atoms. The highest BCUT2D eigenvalue weighted by Crippen LogP contribution is 2.38. The fourth-order valence-corrected chi connectivity index (χ4v) is 9.67. The number of aliphatic hydroxyl groups is 2. The van der Waals surface area contributed by atoms with Crippen molar-refractivity contribution in [1.82, 2.24) is 5.32 Å². The van der Waals surface area contributed by atoms with Gasteiger partial charge in [-0.2, -0.15) is 12.6 Å². The van der Waals surface area contributed by atoms with Crippen LogP contribution in [0.2, 0.25) is 0 Å². The largest absolute Gasteiger partial charge is 0.479 e. The first kappa shape index (κ1) is 61.7. The molecule has 0 bridgehead atoms. The number of aliphatic carboxylic acids is 1. The highest BCUT2D eigenvalue weighted by Gasteiger charge is 2.66. The van der Waals surface area contributed by atoms with Gasteiger partial charge in [0, 0.05) is 25.8 Å². The molecule has 0 heterocycles. The molecule has 4 N–H and O–H groups in total. The van der Waals surface area contributed by atoms with E-state index >= 15 is 0 Å². The molecule has 2 atom stereocenters. The molecule has 0 aromatic rings. The Hall–Kier alpha value is -1.29. The zero-order chi connectivity index (χ0) is 46.7. The molecule has 0 aliphatic heterocycles. The summed E-state index contributed by atoms with van der Waals surface area (Å²) in [4.78, 5) is 56.8. The molecule has 0 aliphatic rings. The van der Waals surface area contributed by atoms with Gasteiger partial charge in [-0.1, -0.05) is 252 Å². The Morgan fingerprint density at radius 1 is 0.413 bits per heavy atom. The molecule has 0 radical (unpaired) electrons. The summed E-state index contributed by atoms with van der Waals surface area (Å²) >= 11 is 4.77. The molecule has 8 nitrogen and oxygen atoms in total. The number of ketones is 3. The molecule has 9 heteroatoms. The van der Waals surface area contributed by atoms with E-state index in [1.54, 1.807) is 0 Å². The third-order valence-corrected chi connectivity index (χ3v) is 14.3. The van der Waals surface area contributed by atoms with E-state index in [0.717, 1.165) is 77.0 Å². The van der Waals surface area contributed by atoms with E-state index in [9.17, 15) is 34.5 Å². The Labute approximate surface area is 394 Å². The lowest BCUT2D eigenvalue weighted by Gasteiger charge is -2.42. The second-order valence-corrected chi connectivity index (χ2v) is 19.9. The van der Waals surface area contributed by atoms with E-state index in [2.05, 4.69) is 26.1 Å². The lowest BCUT2D eigenvalue weighted by atomic mass is 9.70. The van der Waals surface area contributed by atoms with Gasteiger partial charge in [0.05, 0.1) is 12.7 Å². The predicted octanol–water partition coefficient (Wildman–Crippen LogP) is 14.6. The van der Waals surface area contributed by atoms with Crippen LogP contribution in [-0.4, -0.2) is 68.2 Å². The predicted molar refractivity (Wildman–Crippen MR) is 269 cm³/mol. The zero-order valence-corrected chi connectivity index (χ0v) is 42.5. The minimum Gasteiger partial charge on any atom is -0.479 e. The van der Waals surface area contributed by atoms with Gasteiger partial charge in [-0.25, -0.2) is 4.79 Å². The first-order chi connectivity index (χ1) is 30.6. The molecule has 0 amide bonds. The third kappa shape index (κ3) is 29.2. The van der Waals surface area contributed by atoms with Crippen LogP contribution in [0.5, 0.6) is 0 Å². The summed E-state index contributed by atoms with van der Waals surface area (Å²) in [6.07, 6.45) is 42.2. The van der Waals surface area contributed by atoms with Gasteiger partial charge in [0.15, 0.2) is 22.1 Å². The highest BCUT2D eigenvalue weighted by molar-refractivity contribution is 7.84. The Morgan fingerprint density at radius 2 is 0.635 bits per heavy atom. The number of carboxylic acids is 1. The van der Waals surface area contributed by atoms with Crippen LogP contribution in [0.25, 0.3) is 0 Å². The van der Waals surface area contributed by atoms with Gasteiger partial charge in [0.1, 0.15) is 0 Å². The number of rotatable bonds is 51. The summed E-state index contributed by atoms with van der Waals surface area (Å²) in [5.74, 6) is -3.71. The minimum atomic E-state index is -2.68. The second kappa shape index (κ2) is 43.3. The van der Waals surface area contributed by atoms with E-state index in [1.165, 1.54) is 154 Å². The molecular formula is C54H103NO7S. The number of carbonyl (C=O) groups is 4. The van der Waals surface area contributed by atoms with Crippen LogP contribution in [-0.2, 0) is 19.2 Å². The van der Waals surface area contributed by atoms with Gasteiger partial charge in [0.25, 0.3) is 0 Å². The van der Waals surface area contributed by atoms with Gasteiger partial charge in [0.2, 0.25) is 5.54 Å². The fraction of sp³-hybridized carbons (Fsp3) is 0.926.